The van der Waals surface area contributed by atoms with Gasteiger partial charge in [0.2, 0.25) is 0 Å². The summed E-state index contributed by atoms with van der Waals surface area (Å²) in [6.07, 6.45) is -1.22. The first-order chi connectivity index (χ1) is 6.16. The lowest BCUT2D eigenvalue weighted by atomic mass is 10.0. The molecule has 1 aromatic rings. The topological polar surface area (TPSA) is 61.1 Å². The summed E-state index contributed by atoms with van der Waals surface area (Å²) >= 11 is 0. The summed E-state index contributed by atoms with van der Waals surface area (Å²) in [5.74, 6) is -0.148. The van der Waals surface area contributed by atoms with Crippen LogP contribution in [0.25, 0.3) is 0 Å². The van der Waals surface area contributed by atoms with Gasteiger partial charge in [-0.15, -0.1) is 0 Å². The highest BCUT2D eigenvalue weighted by Crippen LogP contribution is 2.17. The third kappa shape index (κ3) is 1.92. The Kier molecular flexibility index (Phi) is 2.78. The summed E-state index contributed by atoms with van der Waals surface area (Å²) < 4.78 is 0. The van der Waals surface area contributed by atoms with E-state index in [2.05, 4.69) is 0 Å². The molecule has 0 bridgehead atoms. The zero-order chi connectivity index (χ0) is 9.84. The molecule has 1 rings (SSSR count). The van der Waals surface area contributed by atoms with E-state index < -0.39 is 6.10 Å². The van der Waals surface area contributed by atoms with Crippen molar-refractivity contribution in [3.8, 4) is 6.07 Å². The highest BCUT2D eigenvalue weighted by atomic mass is 16.3. The first kappa shape index (κ1) is 9.43. The second kappa shape index (κ2) is 3.83. The molecule has 0 aliphatic heterocycles. The molecule has 0 saturated carbocycles. The average Bonchev–Trinajstić information content (AvgIpc) is 2.16. The van der Waals surface area contributed by atoms with Crippen LogP contribution in [-0.2, 0) is 0 Å². The number of rotatable bonds is 2. The number of ketones is 1. The molecule has 13 heavy (non-hydrogen) atoms. The average molecular weight is 175 g/mol. The molecule has 3 nitrogen and oxygen atoms in total. The number of benzene rings is 1. The molecule has 0 aromatic heterocycles. The van der Waals surface area contributed by atoms with E-state index in [-0.39, 0.29) is 5.78 Å². The molecule has 66 valence electrons. The van der Waals surface area contributed by atoms with Crippen LogP contribution >= 0.6 is 0 Å². The van der Waals surface area contributed by atoms with Crippen molar-refractivity contribution in [2.75, 3.05) is 0 Å². The molecule has 0 heterocycles. The van der Waals surface area contributed by atoms with Crippen molar-refractivity contribution in [1.82, 2.24) is 0 Å². The van der Waals surface area contributed by atoms with Crippen LogP contribution in [0.1, 0.15) is 28.9 Å². The Hall–Kier alpha value is -1.66. The molecule has 1 atom stereocenters. The smallest absolute Gasteiger partial charge is 0.166 e. The standard InChI is InChI=1S/C10H9NO2/c1-7(12)8-4-2-3-5-9(8)10(13)6-11/h2-5,10,13H,1H3. The number of carbonyl (C=O) groups is 1. The molecule has 1 aromatic carbocycles. The lowest BCUT2D eigenvalue weighted by Crippen LogP contribution is -2.03. The van der Waals surface area contributed by atoms with Crippen LogP contribution in [0, 0.1) is 11.3 Å². The van der Waals surface area contributed by atoms with Crippen LogP contribution in [0.2, 0.25) is 0 Å². The van der Waals surface area contributed by atoms with E-state index in [4.69, 9.17) is 5.26 Å². The van der Waals surface area contributed by atoms with Crippen LogP contribution in [0.15, 0.2) is 24.3 Å². The number of nitrogens with zero attached hydrogens (tertiary/aromatic N) is 1. The van der Waals surface area contributed by atoms with Crippen LogP contribution in [-0.4, -0.2) is 10.9 Å². The van der Waals surface area contributed by atoms with Gasteiger partial charge in [-0.1, -0.05) is 24.3 Å². The summed E-state index contributed by atoms with van der Waals surface area (Å²) in [6.45, 7) is 1.41. The number of hydrogen-bond donors (Lipinski definition) is 1. The van der Waals surface area contributed by atoms with Gasteiger partial charge in [-0.2, -0.15) is 5.26 Å². The number of aliphatic hydroxyl groups excluding tert-OH is 1. The predicted octanol–water partition coefficient (Wildman–Crippen LogP) is 1.45. The van der Waals surface area contributed by atoms with Gasteiger partial charge >= 0.3 is 0 Å². The van der Waals surface area contributed by atoms with Crippen molar-refractivity contribution in [3.05, 3.63) is 35.4 Å². The van der Waals surface area contributed by atoms with Crippen molar-refractivity contribution in [1.29, 1.82) is 5.26 Å². The first-order valence-corrected chi connectivity index (χ1v) is 3.84. The number of hydrogen-bond acceptors (Lipinski definition) is 3. The Bertz CT molecular complexity index is 365. The van der Waals surface area contributed by atoms with Gasteiger partial charge in [-0.3, -0.25) is 4.79 Å². The van der Waals surface area contributed by atoms with Gasteiger partial charge in [-0.25, -0.2) is 0 Å². The Morgan fingerprint density at radius 3 is 2.69 bits per heavy atom. The molecule has 0 aliphatic rings. The summed E-state index contributed by atoms with van der Waals surface area (Å²) in [5, 5.41) is 17.7. The maximum atomic E-state index is 11.1. The van der Waals surface area contributed by atoms with Gasteiger partial charge in [0.1, 0.15) is 0 Å². The first-order valence-electron chi connectivity index (χ1n) is 3.84. The number of carbonyl (C=O) groups excluding carboxylic acids is 1. The van der Waals surface area contributed by atoms with E-state index in [0.717, 1.165) is 0 Å². The molecule has 1 N–H and O–H groups in total. The van der Waals surface area contributed by atoms with Crippen molar-refractivity contribution < 1.29 is 9.90 Å². The van der Waals surface area contributed by atoms with Gasteiger partial charge < -0.3 is 5.11 Å². The molecule has 0 aliphatic carbocycles. The molecule has 1 unspecified atom stereocenters. The molecular weight excluding hydrogens is 166 g/mol. The molecule has 0 radical (unpaired) electrons. The van der Waals surface area contributed by atoms with Crippen LogP contribution in [0.4, 0.5) is 0 Å². The van der Waals surface area contributed by atoms with Crippen molar-refractivity contribution in [2.24, 2.45) is 0 Å². The number of nitriles is 1. The van der Waals surface area contributed by atoms with E-state index in [1.165, 1.54) is 6.92 Å². The molecule has 0 spiro atoms. The summed E-state index contributed by atoms with van der Waals surface area (Å²) in [5.41, 5.74) is 0.772. The van der Waals surface area contributed by atoms with Crippen molar-refractivity contribution in [2.45, 2.75) is 13.0 Å². The van der Waals surface area contributed by atoms with Gasteiger partial charge in [0.25, 0.3) is 0 Å². The van der Waals surface area contributed by atoms with Crippen molar-refractivity contribution in [3.63, 3.8) is 0 Å². The fourth-order valence-corrected chi connectivity index (χ4v) is 1.13. The minimum atomic E-state index is -1.22. The zero-order valence-corrected chi connectivity index (χ0v) is 7.19. The minimum absolute atomic E-state index is 0.148. The van der Waals surface area contributed by atoms with Gasteiger partial charge in [0.15, 0.2) is 11.9 Å². The monoisotopic (exact) mass is 175 g/mol. The fourth-order valence-electron chi connectivity index (χ4n) is 1.13. The van der Waals surface area contributed by atoms with Gasteiger partial charge in [-0.05, 0) is 6.92 Å². The molecule has 0 saturated heterocycles. The SMILES string of the molecule is CC(=O)c1ccccc1C(O)C#N. The van der Waals surface area contributed by atoms with E-state index in [0.29, 0.717) is 11.1 Å². The zero-order valence-electron chi connectivity index (χ0n) is 7.19. The summed E-state index contributed by atoms with van der Waals surface area (Å²) in [7, 11) is 0. The third-order valence-corrected chi connectivity index (χ3v) is 1.76. The number of Topliss-reactive ketones (excluding diaryl/α,β-unsaturated/α-hetero) is 1. The molecular formula is C10H9NO2. The van der Waals surface area contributed by atoms with Crippen molar-refractivity contribution >= 4 is 5.78 Å². The summed E-state index contributed by atoms with van der Waals surface area (Å²) in [6, 6.07) is 8.23. The largest absolute Gasteiger partial charge is 0.374 e. The number of aliphatic hydroxyl groups is 1. The second-order valence-electron chi connectivity index (χ2n) is 2.68. The molecule has 0 amide bonds. The fraction of sp³-hybridized carbons (Fsp3) is 0.200. The highest BCUT2D eigenvalue weighted by molar-refractivity contribution is 5.95. The lowest BCUT2D eigenvalue weighted by Gasteiger charge is -2.06. The van der Waals surface area contributed by atoms with E-state index in [1.54, 1.807) is 30.3 Å². The predicted molar refractivity (Wildman–Crippen MR) is 47.0 cm³/mol. The van der Waals surface area contributed by atoms with E-state index in [9.17, 15) is 9.90 Å². The Labute approximate surface area is 76.2 Å². The molecule has 3 heteroatoms. The van der Waals surface area contributed by atoms with Gasteiger partial charge in [0.05, 0.1) is 6.07 Å². The second-order valence-corrected chi connectivity index (χ2v) is 2.68. The summed E-state index contributed by atoms with van der Waals surface area (Å²) in [4.78, 5) is 11.1. The van der Waals surface area contributed by atoms with Gasteiger partial charge in [0, 0.05) is 11.1 Å². The lowest BCUT2D eigenvalue weighted by molar-refractivity contribution is 0.101. The maximum Gasteiger partial charge on any atom is 0.166 e. The van der Waals surface area contributed by atoms with E-state index >= 15 is 0 Å². The highest BCUT2D eigenvalue weighted by Gasteiger charge is 2.12. The van der Waals surface area contributed by atoms with Crippen LogP contribution in [0.5, 0.6) is 0 Å². The quantitative estimate of drug-likeness (QED) is 0.546. The van der Waals surface area contributed by atoms with Crippen LogP contribution < -0.4 is 0 Å². The van der Waals surface area contributed by atoms with Crippen LogP contribution in [0.3, 0.4) is 0 Å². The minimum Gasteiger partial charge on any atom is -0.374 e. The normalized spacial score (nSPS) is 11.8. The Morgan fingerprint density at radius 1 is 1.54 bits per heavy atom. The molecule has 0 fully saturated rings. The Balaban J connectivity index is 3.21. The van der Waals surface area contributed by atoms with E-state index in [1.807, 2.05) is 0 Å². The Morgan fingerprint density at radius 2 is 2.15 bits per heavy atom. The third-order valence-electron chi connectivity index (χ3n) is 1.76. The maximum absolute atomic E-state index is 11.1.